The summed E-state index contributed by atoms with van der Waals surface area (Å²) in [5.74, 6) is 0.499. The second-order valence-electron chi connectivity index (χ2n) is 4.34. The predicted octanol–water partition coefficient (Wildman–Crippen LogP) is 1.96. The molecule has 0 spiro atoms. The first-order valence-electron chi connectivity index (χ1n) is 6.02. The lowest BCUT2D eigenvalue weighted by molar-refractivity contribution is -0.115. The number of hydrogen-bond donors (Lipinski definition) is 2. The fourth-order valence-corrected chi connectivity index (χ4v) is 1.89. The van der Waals surface area contributed by atoms with Crippen molar-refractivity contribution in [2.24, 2.45) is 0 Å². The van der Waals surface area contributed by atoms with E-state index in [0.717, 1.165) is 11.3 Å². The molecule has 0 saturated carbocycles. The molecule has 2 N–H and O–H groups in total. The van der Waals surface area contributed by atoms with E-state index in [1.165, 1.54) is 0 Å². The molecule has 5 nitrogen and oxygen atoms in total. The lowest BCUT2D eigenvalue weighted by Gasteiger charge is -2.09. The average molecular weight is 260 g/mol. The van der Waals surface area contributed by atoms with Gasteiger partial charge in [-0.05, 0) is 19.9 Å². The summed E-state index contributed by atoms with van der Waals surface area (Å²) in [6.45, 7) is 3.48. The number of aryl methyl sites for hydroxylation is 2. The van der Waals surface area contributed by atoms with Crippen molar-refractivity contribution in [1.82, 2.24) is 5.16 Å². The monoisotopic (exact) mass is 260 g/mol. The first-order chi connectivity index (χ1) is 9.11. The van der Waals surface area contributed by atoms with Crippen LogP contribution in [0.1, 0.15) is 22.6 Å². The van der Waals surface area contributed by atoms with Gasteiger partial charge in [0, 0.05) is 16.8 Å². The highest BCUT2D eigenvalue weighted by Gasteiger charge is 2.14. The Morgan fingerprint density at radius 2 is 2.11 bits per heavy atom. The van der Waals surface area contributed by atoms with Gasteiger partial charge in [-0.3, -0.25) is 4.79 Å². The Morgan fingerprint density at radius 1 is 1.37 bits per heavy atom. The predicted molar refractivity (Wildman–Crippen MR) is 70.7 cm³/mol. The van der Waals surface area contributed by atoms with E-state index < -0.39 is 0 Å². The number of para-hydroxylation sites is 1. The van der Waals surface area contributed by atoms with Gasteiger partial charge in [0.1, 0.15) is 5.76 Å². The van der Waals surface area contributed by atoms with Crippen LogP contribution in [-0.4, -0.2) is 16.2 Å². The summed E-state index contributed by atoms with van der Waals surface area (Å²) < 4.78 is 5.02. The van der Waals surface area contributed by atoms with Crippen molar-refractivity contribution in [2.75, 3.05) is 5.32 Å². The molecular formula is C14H16N2O3. The molecule has 0 fully saturated rings. The van der Waals surface area contributed by atoms with E-state index in [4.69, 9.17) is 4.52 Å². The molecule has 1 amide bonds. The van der Waals surface area contributed by atoms with Gasteiger partial charge in [-0.15, -0.1) is 0 Å². The number of amides is 1. The molecule has 1 aromatic carbocycles. The van der Waals surface area contributed by atoms with Crippen LogP contribution >= 0.6 is 0 Å². The number of nitrogens with zero attached hydrogens (tertiary/aromatic N) is 1. The second kappa shape index (κ2) is 5.67. The van der Waals surface area contributed by atoms with Gasteiger partial charge in [0.05, 0.1) is 18.7 Å². The van der Waals surface area contributed by atoms with Crippen molar-refractivity contribution in [3.63, 3.8) is 0 Å². The lowest BCUT2D eigenvalue weighted by atomic mass is 10.1. The van der Waals surface area contributed by atoms with Crippen LogP contribution in [0.15, 0.2) is 28.8 Å². The van der Waals surface area contributed by atoms with Crippen LogP contribution in [0, 0.1) is 13.8 Å². The van der Waals surface area contributed by atoms with E-state index in [1.807, 2.05) is 12.1 Å². The number of benzene rings is 1. The van der Waals surface area contributed by atoms with Crippen molar-refractivity contribution in [3.05, 3.63) is 46.8 Å². The Labute approximate surface area is 111 Å². The molecule has 0 bridgehead atoms. The Hall–Kier alpha value is -2.14. The summed E-state index contributed by atoms with van der Waals surface area (Å²) in [7, 11) is 0. The summed E-state index contributed by atoms with van der Waals surface area (Å²) >= 11 is 0. The zero-order chi connectivity index (χ0) is 13.8. The number of aliphatic hydroxyl groups excluding tert-OH is 1. The Morgan fingerprint density at radius 3 is 2.74 bits per heavy atom. The summed E-state index contributed by atoms with van der Waals surface area (Å²) in [5, 5.41) is 15.8. The third-order valence-electron chi connectivity index (χ3n) is 2.98. The molecule has 1 heterocycles. The maximum Gasteiger partial charge on any atom is 0.229 e. The average Bonchev–Trinajstić information content (AvgIpc) is 2.71. The van der Waals surface area contributed by atoms with Crippen LogP contribution in [-0.2, 0) is 17.8 Å². The molecular weight excluding hydrogens is 244 g/mol. The van der Waals surface area contributed by atoms with Crippen LogP contribution in [0.2, 0.25) is 0 Å². The fourth-order valence-electron chi connectivity index (χ4n) is 1.89. The van der Waals surface area contributed by atoms with Crippen LogP contribution in [0.25, 0.3) is 0 Å². The highest BCUT2D eigenvalue weighted by molar-refractivity contribution is 5.93. The molecule has 2 rings (SSSR count). The smallest absolute Gasteiger partial charge is 0.229 e. The number of aromatic nitrogens is 1. The standard InChI is InChI=1S/C14H16N2O3/c1-9-12(10(2)19-16-9)7-14(18)15-13-6-4-3-5-11(13)8-17/h3-6,17H,7-8H2,1-2H3,(H,15,18). The summed E-state index contributed by atoms with van der Waals surface area (Å²) in [4.78, 5) is 12.0. The van der Waals surface area contributed by atoms with Crippen LogP contribution in [0.3, 0.4) is 0 Å². The topological polar surface area (TPSA) is 75.4 Å². The quantitative estimate of drug-likeness (QED) is 0.881. The molecule has 0 aliphatic heterocycles. The third kappa shape index (κ3) is 3.00. The highest BCUT2D eigenvalue weighted by Crippen LogP contribution is 2.17. The van der Waals surface area contributed by atoms with E-state index in [9.17, 15) is 9.90 Å². The first kappa shape index (κ1) is 13.3. The molecule has 0 radical (unpaired) electrons. The van der Waals surface area contributed by atoms with E-state index in [2.05, 4.69) is 10.5 Å². The Bertz CT molecular complexity index is 571. The SMILES string of the molecule is Cc1noc(C)c1CC(=O)Nc1ccccc1CO. The van der Waals surface area contributed by atoms with Gasteiger partial charge in [0.25, 0.3) is 0 Å². The van der Waals surface area contributed by atoms with Crippen molar-refractivity contribution < 1.29 is 14.4 Å². The molecule has 5 heteroatoms. The number of hydrogen-bond acceptors (Lipinski definition) is 4. The minimum atomic E-state index is -0.157. The summed E-state index contributed by atoms with van der Waals surface area (Å²) in [6.07, 6.45) is 0.209. The van der Waals surface area contributed by atoms with Crippen molar-refractivity contribution in [3.8, 4) is 0 Å². The molecule has 0 saturated heterocycles. The number of rotatable bonds is 4. The number of carbonyl (C=O) groups excluding carboxylic acids is 1. The summed E-state index contributed by atoms with van der Waals surface area (Å²) in [6, 6.07) is 7.16. The van der Waals surface area contributed by atoms with Crippen LogP contribution in [0.4, 0.5) is 5.69 Å². The third-order valence-corrected chi connectivity index (χ3v) is 2.98. The summed E-state index contributed by atoms with van der Waals surface area (Å²) in [5.41, 5.74) is 2.85. The van der Waals surface area contributed by atoms with Gasteiger partial charge >= 0.3 is 0 Å². The van der Waals surface area contributed by atoms with E-state index in [-0.39, 0.29) is 18.9 Å². The molecule has 0 aliphatic rings. The van der Waals surface area contributed by atoms with Gasteiger partial charge in [0.2, 0.25) is 5.91 Å². The zero-order valence-electron chi connectivity index (χ0n) is 10.9. The fraction of sp³-hybridized carbons (Fsp3) is 0.286. The van der Waals surface area contributed by atoms with Crippen molar-refractivity contribution in [2.45, 2.75) is 26.9 Å². The normalized spacial score (nSPS) is 10.5. The second-order valence-corrected chi connectivity index (χ2v) is 4.34. The Balaban J connectivity index is 2.10. The van der Waals surface area contributed by atoms with Crippen LogP contribution in [0.5, 0.6) is 0 Å². The van der Waals surface area contributed by atoms with Crippen LogP contribution < -0.4 is 5.32 Å². The van der Waals surface area contributed by atoms with E-state index >= 15 is 0 Å². The van der Waals surface area contributed by atoms with Crippen molar-refractivity contribution in [1.29, 1.82) is 0 Å². The van der Waals surface area contributed by atoms with E-state index in [0.29, 0.717) is 17.0 Å². The van der Waals surface area contributed by atoms with Crippen molar-refractivity contribution >= 4 is 11.6 Å². The minimum absolute atomic E-state index is 0.109. The first-order valence-corrected chi connectivity index (χ1v) is 6.02. The van der Waals surface area contributed by atoms with Gasteiger partial charge in [-0.25, -0.2) is 0 Å². The number of nitrogens with one attached hydrogen (secondary N) is 1. The van der Waals surface area contributed by atoms with Gasteiger partial charge in [-0.1, -0.05) is 23.4 Å². The Kier molecular flexibility index (Phi) is 3.97. The number of anilines is 1. The van der Waals surface area contributed by atoms with E-state index in [1.54, 1.807) is 26.0 Å². The molecule has 0 atom stereocenters. The minimum Gasteiger partial charge on any atom is -0.392 e. The van der Waals surface area contributed by atoms with Gasteiger partial charge < -0.3 is 14.9 Å². The molecule has 2 aromatic rings. The molecule has 1 aromatic heterocycles. The highest BCUT2D eigenvalue weighted by atomic mass is 16.5. The van der Waals surface area contributed by atoms with Gasteiger partial charge in [-0.2, -0.15) is 0 Å². The largest absolute Gasteiger partial charge is 0.392 e. The maximum atomic E-state index is 12.0. The molecule has 0 unspecified atom stereocenters. The zero-order valence-corrected chi connectivity index (χ0v) is 10.9. The number of carbonyl (C=O) groups is 1. The molecule has 100 valence electrons. The number of aliphatic hydroxyl groups is 1. The lowest BCUT2D eigenvalue weighted by Crippen LogP contribution is -2.16. The molecule has 19 heavy (non-hydrogen) atoms. The van der Waals surface area contributed by atoms with Gasteiger partial charge in [0.15, 0.2) is 0 Å². The molecule has 0 aliphatic carbocycles. The maximum absolute atomic E-state index is 12.0.